The van der Waals surface area contributed by atoms with Crippen molar-refractivity contribution in [3.63, 3.8) is 0 Å². The van der Waals surface area contributed by atoms with Gasteiger partial charge in [0.2, 0.25) is 0 Å². The summed E-state index contributed by atoms with van der Waals surface area (Å²) in [5.74, 6) is 0.970. The molecule has 0 N–H and O–H groups in total. The zero-order valence-corrected chi connectivity index (χ0v) is 32.6. The highest BCUT2D eigenvalue weighted by Crippen LogP contribution is 2.43. The summed E-state index contributed by atoms with van der Waals surface area (Å²) in [6, 6.07) is 16.4. The normalized spacial score (nSPS) is 15.0. The largest absolute Gasteiger partial charge is 0.700 e. The molecular weight excluding hydrogens is 642 g/mol. The second-order valence-corrected chi connectivity index (χ2v) is 17.3. The average Bonchev–Trinajstić information content (AvgIpc) is 2.94. The van der Waals surface area contributed by atoms with Crippen molar-refractivity contribution in [3.8, 4) is 0 Å². The van der Waals surface area contributed by atoms with Crippen molar-refractivity contribution in [1.29, 1.82) is 0 Å². The van der Waals surface area contributed by atoms with E-state index in [4.69, 9.17) is 41.9 Å². The first-order valence-corrected chi connectivity index (χ1v) is 18.3. The molecule has 2 rings (SSSR count). The first-order valence-electron chi connectivity index (χ1n) is 16.1. The van der Waals surface area contributed by atoms with Crippen LogP contribution in [0.2, 0.25) is 0 Å². The van der Waals surface area contributed by atoms with Crippen LogP contribution < -0.4 is 0 Å². The Bertz CT molecular complexity index is 1110. The van der Waals surface area contributed by atoms with Crippen LogP contribution >= 0.6 is 31.5 Å². The Hall–Kier alpha value is -1.12. The number of hydrogen-bond donors (Lipinski definition) is 0. The number of hydrogen-bond acceptors (Lipinski definition) is 7. The van der Waals surface area contributed by atoms with Gasteiger partial charge in [-0.05, 0) is 76.6 Å². The first-order chi connectivity index (χ1) is 21.2. The minimum atomic E-state index is -2.59. The van der Waals surface area contributed by atoms with Gasteiger partial charge in [0.1, 0.15) is 0 Å². The van der Waals surface area contributed by atoms with Crippen molar-refractivity contribution >= 4 is 31.5 Å². The second kappa shape index (κ2) is 17.5. The highest BCUT2D eigenvalue weighted by molar-refractivity contribution is 7.33. The molecule has 0 aliphatic rings. The van der Waals surface area contributed by atoms with E-state index in [0.717, 1.165) is 22.3 Å². The third-order valence-electron chi connectivity index (χ3n) is 7.20. The van der Waals surface area contributed by atoms with Gasteiger partial charge in [0.05, 0.1) is 13.2 Å². The maximum Gasteiger partial charge on any atom is 0.700 e. The van der Waals surface area contributed by atoms with E-state index < -0.39 is 42.6 Å². The third kappa shape index (κ3) is 13.4. The molecule has 2 atom stereocenters. The molecule has 0 saturated carbocycles. The molecule has 0 spiro atoms. The minimum absolute atomic E-state index is 0.427. The van der Waals surface area contributed by atoms with Crippen LogP contribution in [0.3, 0.4) is 0 Å². The van der Waals surface area contributed by atoms with Crippen molar-refractivity contribution < 1.29 is 23.3 Å². The van der Waals surface area contributed by atoms with Gasteiger partial charge in [-0.3, -0.25) is 9.68 Å². The van der Waals surface area contributed by atoms with E-state index in [-0.39, 0.29) is 0 Å². The van der Waals surface area contributed by atoms with Gasteiger partial charge in [0, 0.05) is 38.2 Å². The average molecular weight is 701 g/mol. The smallest absolute Gasteiger partial charge is 0.295 e. The second-order valence-electron chi connectivity index (χ2n) is 15.9. The van der Waals surface area contributed by atoms with Gasteiger partial charge in [-0.15, -0.1) is 33.3 Å². The molecule has 10 heteroatoms. The van der Waals surface area contributed by atoms with Gasteiger partial charge >= 0.3 is 8.25 Å². The Morgan fingerprint density at radius 3 is 1.09 bits per heavy atom. The van der Waals surface area contributed by atoms with E-state index in [2.05, 4.69) is 65.8 Å². The van der Waals surface area contributed by atoms with Crippen LogP contribution in [0, 0.1) is 10.8 Å². The molecule has 0 aromatic heterocycles. The Morgan fingerprint density at radius 2 is 0.848 bits per heavy atom. The predicted octanol–water partition coefficient (Wildman–Crippen LogP) is 10.4. The molecule has 0 radical (unpaired) electrons. The van der Waals surface area contributed by atoms with E-state index in [1.54, 1.807) is 0 Å². The SMILES string of the molecule is CC(C)(C)C(O[P+](=O)OC(N(OCCc1ccc(CCl)cc1)C(C)(C)C)C(C)(C)C)N(OCCc1ccc(CCl)cc1)C(C)(C)C. The molecule has 2 aromatic rings. The van der Waals surface area contributed by atoms with Crippen molar-refractivity contribution in [2.75, 3.05) is 13.2 Å². The van der Waals surface area contributed by atoms with Crippen molar-refractivity contribution in [1.82, 2.24) is 10.1 Å². The number of alkyl halides is 2. The summed E-state index contributed by atoms with van der Waals surface area (Å²) < 4.78 is 26.5. The maximum atomic E-state index is 13.8. The molecule has 0 aliphatic carbocycles. The van der Waals surface area contributed by atoms with Gasteiger partial charge in [0.25, 0.3) is 0 Å². The summed E-state index contributed by atoms with van der Waals surface area (Å²) in [6.07, 6.45) is 0.0657. The van der Waals surface area contributed by atoms with Crippen molar-refractivity contribution in [3.05, 3.63) is 70.8 Å². The molecule has 0 heterocycles. The molecular formula is C36H58Cl2N2O5P+. The fourth-order valence-corrected chi connectivity index (χ4v) is 6.17. The number of nitrogens with zero attached hydrogens (tertiary/aromatic N) is 2. The van der Waals surface area contributed by atoms with E-state index in [9.17, 15) is 4.57 Å². The van der Waals surface area contributed by atoms with Gasteiger partial charge in [-0.25, -0.2) is 0 Å². The fourth-order valence-electron chi connectivity index (χ4n) is 4.63. The lowest BCUT2D eigenvalue weighted by Gasteiger charge is -2.43. The highest BCUT2D eigenvalue weighted by atomic mass is 35.5. The Balaban J connectivity index is 2.22. The predicted molar refractivity (Wildman–Crippen MR) is 191 cm³/mol. The molecule has 0 fully saturated rings. The number of hydroxylamine groups is 4. The number of rotatable bonds is 16. The lowest BCUT2D eigenvalue weighted by atomic mass is 9.92. The quantitative estimate of drug-likeness (QED) is 0.0748. The molecule has 46 heavy (non-hydrogen) atoms. The molecule has 0 amide bonds. The Kier molecular flexibility index (Phi) is 15.6. The molecule has 0 aliphatic heterocycles. The zero-order valence-electron chi connectivity index (χ0n) is 30.2. The lowest BCUT2D eigenvalue weighted by molar-refractivity contribution is -0.306. The molecule has 7 nitrogen and oxygen atoms in total. The molecule has 260 valence electrons. The molecule has 0 bridgehead atoms. The van der Waals surface area contributed by atoms with Gasteiger partial charge in [-0.2, -0.15) is 0 Å². The van der Waals surface area contributed by atoms with Crippen molar-refractivity contribution in [2.24, 2.45) is 10.8 Å². The summed E-state index contributed by atoms with van der Waals surface area (Å²) in [7, 11) is -2.59. The van der Waals surface area contributed by atoms with Crippen LogP contribution in [0.5, 0.6) is 0 Å². The minimum Gasteiger partial charge on any atom is -0.295 e. The number of benzene rings is 2. The number of halogens is 2. The fraction of sp³-hybridized carbons (Fsp3) is 0.667. The van der Waals surface area contributed by atoms with Gasteiger partial charge < -0.3 is 0 Å². The van der Waals surface area contributed by atoms with E-state index in [0.29, 0.717) is 37.8 Å². The van der Waals surface area contributed by atoms with Crippen LogP contribution in [0.15, 0.2) is 48.5 Å². The molecule has 2 unspecified atom stereocenters. The summed E-state index contributed by atoms with van der Waals surface area (Å²) in [6.45, 7) is 25.4. The maximum absolute atomic E-state index is 13.8. The summed E-state index contributed by atoms with van der Waals surface area (Å²) in [5, 5.41) is 3.63. The van der Waals surface area contributed by atoms with E-state index in [1.807, 2.05) is 75.9 Å². The molecule has 2 aromatic carbocycles. The highest BCUT2D eigenvalue weighted by Gasteiger charge is 2.49. The first kappa shape index (κ1) is 41.1. The van der Waals surface area contributed by atoms with Crippen LogP contribution in [0.4, 0.5) is 0 Å². The standard InChI is InChI=1S/C36H58Cl2N2O5P/c1-33(2,3)31(39(35(7,8)9)42-23-21-27-13-17-29(25-37)18-14-27)44-46(41)45-32(34(4,5)6)40(36(10,11)12)43-24-22-28-15-19-30(26-38)20-16-28/h13-20,31-32H,21-26H2,1-12H3/q+1. The van der Waals surface area contributed by atoms with E-state index in [1.165, 1.54) is 0 Å². The lowest BCUT2D eigenvalue weighted by Crippen LogP contribution is -2.55. The van der Waals surface area contributed by atoms with E-state index >= 15 is 0 Å². The van der Waals surface area contributed by atoms with Crippen LogP contribution in [-0.2, 0) is 47.9 Å². The topological polar surface area (TPSA) is 60.5 Å². The summed E-state index contributed by atoms with van der Waals surface area (Å²) in [4.78, 5) is 12.8. The van der Waals surface area contributed by atoms with Crippen LogP contribution in [0.25, 0.3) is 0 Å². The monoisotopic (exact) mass is 699 g/mol. The summed E-state index contributed by atoms with van der Waals surface area (Å²) >= 11 is 11.9. The third-order valence-corrected chi connectivity index (χ3v) is 8.56. The summed E-state index contributed by atoms with van der Waals surface area (Å²) in [5.41, 5.74) is 2.62. The van der Waals surface area contributed by atoms with Crippen molar-refractivity contribution in [2.45, 2.75) is 131 Å². The zero-order chi connectivity index (χ0) is 34.9. The van der Waals surface area contributed by atoms with Crippen LogP contribution in [0.1, 0.15) is 105 Å². The Morgan fingerprint density at radius 1 is 0.565 bits per heavy atom. The van der Waals surface area contributed by atoms with Gasteiger partial charge in [-0.1, -0.05) is 99.1 Å². The molecule has 0 saturated heterocycles. The van der Waals surface area contributed by atoms with Gasteiger partial charge in [0.15, 0.2) is 12.5 Å². The van der Waals surface area contributed by atoms with Crippen LogP contribution in [-0.4, -0.2) is 46.9 Å². The Labute approximate surface area is 290 Å².